The number of aromatic nitrogens is 2. The van der Waals surface area contributed by atoms with Gasteiger partial charge in [0.05, 0.1) is 30.0 Å². The van der Waals surface area contributed by atoms with E-state index in [0.29, 0.717) is 16.8 Å². The lowest BCUT2D eigenvalue weighted by molar-refractivity contribution is 0.0600. The third-order valence-electron chi connectivity index (χ3n) is 3.22. The Morgan fingerprint density at radius 1 is 1.14 bits per heavy atom. The maximum Gasteiger partial charge on any atom is 0.337 e. The molecule has 0 atom stereocenters. The van der Waals surface area contributed by atoms with Crippen LogP contribution in [0.4, 0.5) is 5.69 Å². The van der Waals surface area contributed by atoms with Crippen molar-refractivity contribution < 1.29 is 14.3 Å². The van der Waals surface area contributed by atoms with Crippen LogP contribution in [-0.2, 0) is 4.74 Å². The van der Waals surface area contributed by atoms with Crippen LogP contribution in [0.1, 0.15) is 20.7 Å². The number of hydrogen-bond donors (Lipinski definition) is 2. The van der Waals surface area contributed by atoms with Gasteiger partial charge < -0.3 is 15.0 Å². The molecule has 0 bridgehead atoms. The number of carbonyl (C=O) groups is 2. The fourth-order valence-corrected chi connectivity index (χ4v) is 2.12. The van der Waals surface area contributed by atoms with Gasteiger partial charge in [-0.3, -0.25) is 4.79 Å². The van der Waals surface area contributed by atoms with Gasteiger partial charge in [-0.1, -0.05) is 6.07 Å². The maximum atomic E-state index is 12.3. The van der Waals surface area contributed by atoms with Crippen LogP contribution in [0, 0.1) is 0 Å². The topological polar surface area (TPSA) is 84.1 Å². The smallest absolute Gasteiger partial charge is 0.337 e. The minimum Gasteiger partial charge on any atom is -0.465 e. The minimum atomic E-state index is -0.478. The number of methoxy groups -OCH3 is 1. The molecule has 2 N–H and O–H groups in total. The maximum absolute atomic E-state index is 12.3. The Labute approximate surface area is 126 Å². The number of aromatic amines is 1. The van der Waals surface area contributed by atoms with E-state index in [-0.39, 0.29) is 5.91 Å². The molecule has 110 valence electrons. The second-order valence-corrected chi connectivity index (χ2v) is 4.66. The van der Waals surface area contributed by atoms with E-state index in [1.165, 1.54) is 13.2 Å². The number of H-pyrrole nitrogens is 1. The molecule has 0 radical (unpaired) electrons. The average molecular weight is 295 g/mol. The molecule has 2 aromatic carbocycles. The van der Waals surface area contributed by atoms with Crippen LogP contribution in [0.3, 0.4) is 0 Å². The molecule has 1 amide bonds. The van der Waals surface area contributed by atoms with E-state index in [4.69, 9.17) is 0 Å². The third kappa shape index (κ3) is 2.67. The lowest BCUT2D eigenvalue weighted by Gasteiger charge is -2.06. The minimum absolute atomic E-state index is 0.301. The van der Waals surface area contributed by atoms with E-state index in [1.54, 1.807) is 36.7 Å². The number of nitrogens with one attached hydrogen (secondary N) is 2. The predicted octanol–water partition coefficient (Wildman–Crippen LogP) is 2.60. The van der Waals surface area contributed by atoms with E-state index in [9.17, 15) is 9.59 Å². The molecule has 22 heavy (non-hydrogen) atoms. The van der Waals surface area contributed by atoms with Gasteiger partial charge in [0, 0.05) is 11.3 Å². The van der Waals surface area contributed by atoms with Crippen molar-refractivity contribution in [2.45, 2.75) is 0 Å². The number of carbonyl (C=O) groups excluding carboxylic acids is 2. The predicted molar refractivity (Wildman–Crippen MR) is 81.8 cm³/mol. The van der Waals surface area contributed by atoms with E-state index in [1.807, 2.05) is 6.07 Å². The first-order valence-corrected chi connectivity index (χ1v) is 6.60. The number of imidazole rings is 1. The van der Waals surface area contributed by atoms with Crippen LogP contribution in [0.25, 0.3) is 11.0 Å². The molecule has 0 saturated heterocycles. The van der Waals surface area contributed by atoms with Gasteiger partial charge in [-0.15, -0.1) is 0 Å². The van der Waals surface area contributed by atoms with Crippen molar-refractivity contribution in [3.8, 4) is 0 Å². The summed E-state index contributed by atoms with van der Waals surface area (Å²) in [5.74, 6) is -0.779. The second kappa shape index (κ2) is 5.69. The summed E-state index contributed by atoms with van der Waals surface area (Å²) in [7, 11) is 1.30. The monoisotopic (exact) mass is 295 g/mol. The molecule has 0 aliphatic carbocycles. The van der Waals surface area contributed by atoms with Gasteiger partial charge >= 0.3 is 5.97 Å². The van der Waals surface area contributed by atoms with Gasteiger partial charge in [-0.05, 0) is 36.4 Å². The summed E-state index contributed by atoms with van der Waals surface area (Å²) in [5.41, 5.74) is 3.02. The van der Waals surface area contributed by atoms with Crippen molar-refractivity contribution in [3.63, 3.8) is 0 Å². The standard InChI is InChI=1S/C16H13N3O3/c1-22-16(21)11-4-2-3-10(7-11)15(20)19-12-5-6-13-14(8-12)18-9-17-13/h2-9H,1H3,(H,17,18)(H,19,20). The molecule has 6 heteroatoms. The number of amides is 1. The Morgan fingerprint density at radius 2 is 1.95 bits per heavy atom. The summed E-state index contributed by atoms with van der Waals surface area (Å²) in [6, 6.07) is 11.7. The molecule has 1 heterocycles. The number of fused-ring (bicyclic) bond motifs is 1. The summed E-state index contributed by atoms with van der Waals surface area (Å²) >= 11 is 0. The number of anilines is 1. The summed E-state index contributed by atoms with van der Waals surface area (Å²) in [5, 5.41) is 2.79. The zero-order valence-electron chi connectivity index (χ0n) is 11.8. The Balaban J connectivity index is 1.83. The zero-order valence-corrected chi connectivity index (χ0v) is 11.8. The number of benzene rings is 2. The van der Waals surface area contributed by atoms with Gasteiger partial charge in [0.1, 0.15) is 0 Å². The molecule has 0 aliphatic heterocycles. The second-order valence-electron chi connectivity index (χ2n) is 4.66. The van der Waals surface area contributed by atoms with Crippen molar-refractivity contribution in [2.24, 2.45) is 0 Å². The van der Waals surface area contributed by atoms with E-state index < -0.39 is 5.97 Å². The van der Waals surface area contributed by atoms with Crippen molar-refractivity contribution in [1.29, 1.82) is 0 Å². The van der Waals surface area contributed by atoms with Gasteiger partial charge in [-0.25, -0.2) is 9.78 Å². The fourth-order valence-electron chi connectivity index (χ4n) is 2.12. The van der Waals surface area contributed by atoms with Crippen LogP contribution in [0.2, 0.25) is 0 Å². The highest BCUT2D eigenvalue weighted by molar-refractivity contribution is 6.06. The largest absolute Gasteiger partial charge is 0.465 e. The Kier molecular flexibility index (Phi) is 3.57. The summed E-state index contributed by atoms with van der Waals surface area (Å²) < 4.78 is 4.65. The summed E-state index contributed by atoms with van der Waals surface area (Å²) in [6.45, 7) is 0. The van der Waals surface area contributed by atoms with Gasteiger partial charge in [0.15, 0.2) is 0 Å². The average Bonchev–Trinajstić information content (AvgIpc) is 3.02. The number of esters is 1. The summed E-state index contributed by atoms with van der Waals surface area (Å²) in [6.07, 6.45) is 1.59. The van der Waals surface area contributed by atoms with Crippen LogP contribution in [0.5, 0.6) is 0 Å². The van der Waals surface area contributed by atoms with Crippen molar-refractivity contribution in [3.05, 3.63) is 59.9 Å². The van der Waals surface area contributed by atoms with E-state index in [0.717, 1.165) is 11.0 Å². The van der Waals surface area contributed by atoms with Crippen LogP contribution in [-0.4, -0.2) is 29.0 Å². The zero-order chi connectivity index (χ0) is 15.5. The molecule has 0 fully saturated rings. The third-order valence-corrected chi connectivity index (χ3v) is 3.22. The molecule has 6 nitrogen and oxygen atoms in total. The van der Waals surface area contributed by atoms with Gasteiger partial charge in [0.2, 0.25) is 0 Å². The number of ether oxygens (including phenoxy) is 1. The Hall–Kier alpha value is -3.15. The molecule has 0 saturated carbocycles. The van der Waals surface area contributed by atoms with Crippen LogP contribution >= 0.6 is 0 Å². The molecular formula is C16H13N3O3. The molecule has 3 aromatic rings. The molecule has 1 aromatic heterocycles. The van der Waals surface area contributed by atoms with Crippen LogP contribution in [0.15, 0.2) is 48.8 Å². The van der Waals surface area contributed by atoms with E-state index >= 15 is 0 Å². The van der Waals surface area contributed by atoms with Gasteiger partial charge in [0.25, 0.3) is 5.91 Å². The molecule has 0 spiro atoms. The first-order valence-electron chi connectivity index (χ1n) is 6.60. The van der Waals surface area contributed by atoms with Crippen molar-refractivity contribution in [1.82, 2.24) is 9.97 Å². The van der Waals surface area contributed by atoms with Gasteiger partial charge in [-0.2, -0.15) is 0 Å². The highest BCUT2D eigenvalue weighted by Crippen LogP contribution is 2.17. The molecule has 0 aliphatic rings. The molecule has 0 unspecified atom stereocenters. The Morgan fingerprint density at radius 3 is 2.77 bits per heavy atom. The fraction of sp³-hybridized carbons (Fsp3) is 0.0625. The summed E-state index contributed by atoms with van der Waals surface area (Å²) in [4.78, 5) is 30.9. The lowest BCUT2D eigenvalue weighted by atomic mass is 10.1. The highest BCUT2D eigenvalue weighted by Gasteiger charge is 2.11. The molecular weight excluding hydrogens is 282 g/mol. The van der Waals surface area contributed by atoms with E-state index in [2.05, 4.69) is 20.0 Å². The SMILES string of the molecule is COC(=O)c1cccc(C(=O)Nc2ccc3nc[nH]c3c2)c1. The van der Waals surface area contributed by atoms with Crippen LogP contribution < -0.4 is 5.32 Å². The van der Waals surface area contributed by atoms with Crippen molar-refractivity contribution >= 4 is 28.6 Å². The lowest BCUT2D eigenvalue weighted by Crippen LogP contribution is -2.13. The Bertz CT molecular complexity index is 854. The number of hydrogen-bond acceptors (Lipinski definition) is 4. The normalized spacial score (nSPS) is 10.4. The van der Waals surface area contributed by atoms with Crippen molar-refractivity contribution in [2.75, 3.05) is 12.4 Å². The number of nitrogens with zero attached hydrogens (tertiary/aromatic N) is 1. The quantitative estimate of drug-likeness (QED) is 0.727. The highest BCUT2D eigenvalue weighted by atomic mass is 16.5. The first-order chi connectivity index (χ1) is 10.7. The molecule has 3 rings (SSSR count). The number of rotatable bonds is 3. The first kappa shape index (κ1) is 13.8.